The molecule has 0 radical (unpaired) electrons. The van der Waals surface area contributed by atoms with E-state index in [4.69, 9.17) is 11.6 Å². The maximum Gasteiger partial charge on any atom is 0.171 e. The molecule has 2 aliphatic heterocycles. The van der Waals surface area contributed by atoms with Gasteiger partial charge in [0, 0.05) is 17.5 Å². The number of nitrogens with zero attached hydrogens (tertiary/aromatic N) is 2. The molecule has 7 heteroatoms. The summed E-state index contributed by atoms with van der Waals surface area (Å²) in [6.45, 7) is 0.0774. The van der Waals surface area contributed by atoms with Crippen LogP contribution in [-0.4, -0.2) is 29.0 Å². The predicted octanol–water partition coefficient (Wildman–Crippen LogP) is 3.19. The van der Waals surface area contributed by atoms with Gasteiger partial charge in [0.05, 0.1) is 18.2 Å². The van der Waals surface area contributed by atoms with E-state index in [1.807, 2.05) is 0 Å². The van der Waals surface area contributed by atoms with Crippen LogP contribution in [0.2, 0.25) is 5.02 Å². The maximum absolute atomic E-state index is 13.8. The number of aliphatic hydroxyl groups is 1. The number of aliphatic hydroxyl groups excluding tert-OH is 1. The Hall–Kier alpha value is -2.18. The van der Waals surface area contributed by atoms with Gasteiger partial charge in [-0.25, -0.2) is 13.8 Å². The lowest BCUT2D eigenvalue weighted by Crippen LogP contribution is -2.35. The van der Waals surface area contributed by atoms with Crippen LogP contribution in [0.15, 0.2) is 58.8 Å². The number of rotatable bonds is 3. The molecule has 1 aromatic rings. The number of fused-ring (bicyclic) bond motifs is 1. The van der Waals surface area contributed by atoms with Gasteiger partial charge in [-0.15, -0.1) is 0 Å². The lowest BCUT2D eigenvalue weighted by molar-refractivity contribution is 0.319. The Labute approximate surface area is 130 Å². The van der Waals surface area contributed by atoms with Crippen molar-refractivity contribution in [3.63, 3.8) is 0 Å². The second kappa shape index (κ2) is 5.90. The van der Waals surface area contributed by atoms with E-state index in [2.05, 4.69) is 10.3 Å². The summed E-state index contributed by atoms with van der Waals surface area (Å²) >= 11 is 5.73. The van der Waals surface area contributed by atoms with Crippen molar-refractivity contribution in [3.8, 4) is 0 Å². The highest BCUT2D eigenvalue weighted by Gasteiger charge is 2.24. The Morgan fingerprint density at radius 1 is 1.36 bits per heavy atom. The van der Waals surface area contributed by atoms with Crippen molar-refractivity contribution in [2.45, 2.75) is 0 Å². The molecule has 0 saturated heterocycles. The highest BCUT2D eigenvalue weighted by atomic mass is 35.5. The lowest BCUT2D eigenvalue weighted by Gasteiger charge is -2.29. The molecular weight excluding hydrogens is 312 g/mol. The molecule has 0 atom stereocenters. The van der Waals surface area contributed by atoms with Crippen LogP contribution in [0, 0.1) is 5.82 Å². The van der Waals surface area contributed by atoms with Gasteiger partial charge in [-0.3, -0.25) is 0 Å². The summed E-state index contributed by atoms with van der Waals surface area (Å²) in [5.41, 5.74) is 1.09. The first-order valence-corrected chi connectivity index (χ1v) is 6.91. The maximum atomic E-state index is 13.8. The lowest BCUT2D eigenvalue weighted by atomic mass is 10.1. The van der Waals surface area contributed by atoms with E-state index >= 15 is 0 Å². The van der Waals surface area contributed by atoms with Gasteiger partial charge in [-0.2, -0.15) is 0 Å². The van der Waals surface area contributed by atoms with Crippen molar-refractivity contribution in [1.82, 2.24) is 4.90 Å². The van der Waals surface area contributed by atoms with E-state index in [0.717, 1.165) is 0 Å². The molecule has 0 aliphatic carbocycles. The second-order valence-electron chi connectivity index (χ2n) is 4.78. The van der Waals surface area contributed by atoms with Crippen LogP contribution in [0.5, 0.6) is 0 Å². The fourth-order valence-electron chi connectivity index (χ4n) is 2.18. The highest BCUT2D eigenvalue weighted by Crippen LogP contribution is 2.26. The second-order valence-corrected chi connectivity index (χ2v) is 5.19. The Kier molecular flexibility index (Phi) is 3.96. The average molecular weight is 324 g/mol. The minimum Gasteiger partial charge on any atom is -0.392 e. The summed E-state index contributed by atoms with van der Waals surface area (Å²) in [6, 6.07) is 4.11. The number of benzene rings is 1. The van der Waals surface area contributed by atoms with Crippen molar-refractivity contribution in [2.24, 2.45) is 4.99 Å². The van der Waals surface area contributed by atoms with Crippen molar-refractivity contribution >= 4 is 23.1 Å². The Morgan fingerprint density at radius 2 is 2.18 bits per heavy atom. The number of nitrogens with one attached hydrogen (secondary N) is 1. The van der Waals surface area contributed by atoms with Crippen LogP contribution in [0.1, 0.15) is 0 Å². The van der Waals surface area contributed by atoms with Gasteiger partial charge < -0.3 is 15.3 Å². The minimum absolute atomic E-state index is 0.0343. The van der Waals surface area contributed by atoms with E-state index in [0.29, 0.717) is 23.6 Å². The van der Waals surface area contributed by atoms with Gasteiger partial charge in [-0.1, -0.05) is 11.6 Å². The normalized spacial score (nSPS) is 17.2. The van der Waals surface area contributed by atoms with Crippen LogP contribution in [-0.2, 0) is 0 Å². The predicted molar refractivity (Wildman–Crippen MR) is 81.6 cm³/mol. The molecule has 2 N–H and O–H groups in total. The van der Waals surface area contributed by atoms with Crippen LogP contribution in [0.25, 0.3) is 0 Å². The van der Waals surface area contributed by atoms with Crippen molar-refractivity contribution in [2.75, 3.05) is 18.5 Å². The molecule has 114 valence electrons. The van der Waals surface area contributed by atoms with Gasteiger partial charge >= 0.3 is 0 Å². The highest BCUT2D eigenvalue weighted by molar-refractivity contribution is 6.31. The first kappa shape index (κ1) is 14.7. The molecule has 0 amide bonds. The van der Waals surface area contributed by atoms with E-state index in [1.54, 1.807) is 17.2 Å². The van der Waals surface area contributed by atoms with E-state index in [1.165, 1.54) is 24.3 Å². The molecule has 2 aliphatic rings. The van der Waals surface area contributed by atoms with Crippen LogP contribution in [0.3, 0.4) is 0 Å². The molecule has 0 unspecified atom stereocenters. The number of anilines is 1. The van der Waals surface area contributed by atoms with E-state index in [-0.39, 0.29) is 17.5 Å². The monoisotopic (exact) mass is 323 g/mol. The fourth-order valence-corrected chi connectivity index (χ4v) is 2.36. The smallest absolute Gasteiger partial charge is 0.171 e. The molecule has 4 nitrogen and oxygen atoms in total. The number of hydrogen-bond donors (Lipinski definition) is 2. The molecule has 1 aromatic carbocycles. The van der Waals surface area contributed by atoms with Gasteiger partial charge in [0.2, 0.25) is 0 Å². The molecule has 0 spiro atoms. The fraction of sp³-hybridized carbons (Fsp3) is 0.133. The van der Waals surface area contributed by atoms with Crippen LogP contribution in [0.4, 0.5) is 14.5 Å². The standard InChI is InChI=1S/C15H12ClF2N3O/c16-11-6-10(3-4-12(11)17)19-14-9(8-22)7-21-5-1-2-13(18)15(21)20-14/h1-6,19,22H,7-8H2. The number of allylic oxidation sites excluding steroid dienone is 2. The molecule has 22 heavy (non-hydrogen) atoms. The first-order valence-electron chi connectivity index (χ1n) is 6.53. The van der Waals surface area contributed by atoms with Crippen molar-refractivity contribution in [1.29, 1.82) is 0 Å². The number of hydrogen-bond acceptors (Lipinski definition) is 4. The number of aliphatic imine (C=N–C) groups is 1. The van der Waals surface area contributed by atoms with Crippen LogP contribution < -0.4 is 5.32 Å². The Morgan fingerprint density at radius 3 is 2.91 bits per heavy atom. The third-order valence-corrected chi connectivity index (χ3v) is 3.57. The van der Waals surface area contributed by atoms with Gasteiger partial charge in [0.25, 0.3) is 0 Å². The third kappa shape index (κ3) is 2.75. The zero-order valence-corrected chi connectivity index (χ0v) is 12.1. The van der Waals surface area contributed by atoms with E-state index < -0.39 is 11.6 Å². The zero-order valence-electron chi connectivity index (χ0n) is 11.4. The van der Waals surface area contributed by atoms with Gasteiger partial charge in [0.1, 0.15) is 11.6 Å². The largest absolute Gasteiger partial charge is 0.392 e. The van der Waals surface area contributed by atoms with E-state index in [9.17, 15) is 13.9 Å². The van der Waals surface area contributed by atoms with Crippen LogP contribution >= 0.6 is 11.6 Å². The summed E-state index contributed by atoms with van der Waals surface area (Å²) in [5, 5.41) is 12.4. The summed E-state index contributed by atoms with van der Waals surface area (Å²) in [7, 11) is 0. The third-order valence-electron chi connectivity index (χ3n) is 3.28. The summed E-state index contributed by atoms with van der Waals surface area (Å²) in [5.74, 6) is -0.502. The zero-order chi connectivity index (χ0) is 15.7. The molecule has 0 saturated carbocycles. The van der Waals surface area contributed by atoms with Gasteiger partial charge in [-0.05, 0) is 30.4 Å². The van der Waals surface area contributed by atoms with Gasteiger partial charge in [0.15, 0.2) is 11.7 Å². The molecular formula is C15H12ClF2N3O. The Balaban J connectivity index is 1.94. The van der Waals surface area contributed by atoms with Crippen molar-refractivity contribution < 1.29 is 13.9 Å². The number of halogens is 3. The average Bonchev–Trinajstić information content (AvgIpc) is 2.51. The SMILES string of the molecule is OCC1=C(Nc2ccc(F)c(Cl)c2)N=C2C(F)=CC=CN2C1. The number of amidine groups is 1. The Bertz CT molecular complexity index is 740. The first-order chi connectivity index (χ1) is 10.6. The molecule has 3 rings (SSSR count). The summed E-state index contributed by atoms with van der Waals surface area (Å²) in [4.78, 5) is 5.81. The topological polar surface area (TPSA) is 47.9 Å². The molecule has 0 fully saturated rings. The molecule has 2 heterocycles. The minimum atomic E-state index is -0.531. The summed E-state index contributed by atoms with van der Waals surface area (Å²) in [6.07, 6.45) is 4.57. The van der Waals surface area contributed by atoms with Crippen molar-refractivity contribution in [3.05, 3.63) is 64.6 Å². The summed E-state index contributed by atoms with van der Waals surface area (Å²) < 4.78 is 27.0. The molecule has 0 bridgehead atoms. The molecule has 0 aromatic heterocycles. The quantitative estimate of drug-likeness (QED) is 0.898.